The van der Waals surface area contributed by atoms with Gasteiger partial charge < -0.3 is 4.57 Å². The summed E-state index contributed by atoms with van der Waals surface area (Å²) < 4.78 is 2.46. The molecule has 3 rings (SSSR count). The Morgan fingerprint density at radius 1 is 1.16 bits per heavy atom. The summed E-state index contributed by atoms with van der Waals surface area (Å²) >= 11 is 1.99. The van der Waals surface area contributed by atoms with Crippen molar-refractivity contribution in [3.63, 3.8) is 0 Å². The van der Waals surface area contributed by atoms with Crippen molar-refractivity contribution in [2.75, 3.05) is 0 Å². The molecule has 0 spiro atoms. The molecular formula is C14H10N4O5S2. The van der Waals surface area contributed by atoms with Crippen LogP contribution in [0.5, 0.6) is 0 Å². The van der Waals surface area contributed by atoms with E-state index >= 15 is 0 Å². The first-order valence-corrected chi connectivity index (χ1v) is 8.65. The summed E-state index contributed by atoms with van der Waals surface area (Å²) in [7, 11) is 0. The first-order valence-electron chi connectivity index (χ1n) is 7.01. The SMILES string of the molecule is CCn1c(=NC(=O)c2ccc([N+](=O)[O-])s2)sc2ccc([N+](=O)[O-])cc21. The first kappa shape index (κ1) is 16.9. The lowest BCUT2D eigenvalue weighted by atomic mass is 10.3. The maximum atomic E-state index is 12.3. The van der Waals surface area contributed by atoms with Gasteiger partial charge in [0.15, 0.2) is 4.80 Å². The molecule has 2 aromatic heterocycles. The number of carbonyl (C=O) groups excluding carboxylic acids is 1. The second kappa shape index (κ2) is 6.53. The second-order valence-corrected chi connectivity index (χ2v) is 6.92. The number of thiophene rings is 1. The number of nitro benzene ring substituents is 1. The summed E-state index contributed by atoms with van der Waals surface area (Å²) in [6.45, 7) is 2.31. The maximum Gasteiger partial charge on any atom is 0.324 e. The summed E-state index contributed by atoms with van der Waals surface area (Å²) in [4.78, 5) is 37.5. The fourth-order valence-electron chi connectivity index (χ4n) is 2.24. The molecule has 1 amide bonds. The zero-order valence-corrected chi connectivity index (χ0v) is 14.4. The highest BCUT2D eigenvalue weighted by atomic mass is 32.1. The van der Waals surface area contributed by atoms with Crippen molar-refractivity contribution in [3.8, 4) is 0 Å². The Bertz CT molecular complexity index is 1080. The summed E-state index contributed by atoms with van der Waals surface area (Å²) in [6, 6.07) is 7.07. The van der Waals surface area contributed by atoms with Gasteiger partial charge in [-0.2, -0.15) is 4.99 Å². The quantitative estimate of drug-likeness (QED) is 0.509. The maximum absolute atomic E-state index is 12.3. The van der Waals surface area contributed by atoms with Gasteiger partial charge in [0.25, 0.3) is 11.6 Å². The average Bonchev–Trinajstić information content (AvgIpc) is 3.18. The molecule has 0 atom stereocenters. The minimum absolute atomic E-state index is 0.0424. The van der Waals surface area contributed by atoms with Crippen LogP contribution in [-0.2, 0) is 6.54 Å². The van der Waals surface area contributed by atoms with Crippen molar-refractivity contribution >= 4 is 49.5 Å². The van der Waals surface area contributed by atoms with Crippen LogP contribution in [0.25, 0.3) is 10.2 Å². The number of fused-ring (bicyclic) bond motifs is 1. The van der Waals surface area contributed by atoms with Crippen molar-refractivity contribution in [2.45, 2.75) is 13.5 Å². The van der Waals surface area contributed by atoms with E-state index in [4.69, 9.17) is 0 Å². The lowest BCUT2D eigenvalue weighted by Gasteiger charge is -1.99. The van der Waals surface area contributed by atoms with Gasteiger partial charge in [-0.15, -0.1) is 0 Å². The first-order chi connectivity index (χ1) is 11.9. The van der Waals surface area contributed by atoms with Crippen LogP contribution in [0, 0.1) is 20.2 Å². The van der Waals surface area contributed by atoms with E-state index in [0.717, 1.165) is 16.0 Å². The van der Waals surface area contributed by atoms with Crippen LogP contribution < -0.4 is 4.80 Å². The van der Waals surface area contributed by atoms with Gasteiger partial charge in [0.1, 0.15) is 4.88 Å². The molecule has 0 N–H and O–H groups in total. The number of nitrogens with zero attached hydrogens (tertiary/aromatic N) is 4. The Morgan fingerprint density at radius 2 is 1.92 bits per heavy atom. The fraction of sp³-hybridized carbons (Fsp3) is 0.143. The number of hydrogen-bond donors (Lipinski definition) is 0. The standard InChI is InChI=1S/C14H10N4O5S2/c1-2-16-9-7-8(17(20)21)3-4-10(9)25-14(16)15-13(19)11-5-6-12(24-11)18(22)23/h3-7H,2H2,1H3. The van der Waals surface area contributed by atoms with E-state index in [9.17, 15) is 25.0 Å². The Morgan fingerprint density at radius 3 is 2.52 bits per heavy atom. The van der Waals surface area contributed by atoms with Crippen LogP contribution in [-0.4, -0.2) is 20.3 Å². The van der Waals surface area contributed by atoms with Gasteiger partial charge in [0.05, 0.1) is 20.1 Å². The monoisotopic (exact) mass is 378 g/mol. The third kappa shape index (κ3) is 3.19. The fourth-order valence-corrected chi connectivity index (χ4v) is 4.02. The van der Waals surface area contributed by atoms with Crippen LogP contribution in [0.3, 0.4) is 0 Å². The highest BCUT2D eigenvalue weighted by molar-refractivity contribution is 7.17. The van der Waals surface area contributed by atoms with Crippen LogP contribution in [0.2, 0.25) is 0 Å². The molecule has 0 fully saturated rings. The highest BCUT2D eigenvalue weighted by Gasteiger charge is 2.16. The molecule has 0 aliphatic carbocycles. The third-order valence-corrected chi connectivity index (χ3v) is 5.46. The van der Waals surface area contributed by atoms with Crippen molar-refractivity contribution in [2.24, 2.45) is 4.99 Å². The molecule has 0 saturated carbocycles. The van der Waals surface area contributed by atoms with Crippen LogP contribution in [0.1, 0.15) is 16.6 Å². The molecule has 25 heavy (non-hydrogen) atoms. The number of aryl methyl sites for hydroxylation is 1. The van der Waals surface area contributed by atoms with E-state index in [0.29, 0.717) is 16.9 Å². The molecule has 0 saturated heterocycles. The molecular weight excluding hydrogens is 368 g/mol. The zero-order valence-electron chi connectivity index (χ0n) is 12.7. The summed E-state index contributed by atoms with van der Waals surface area (Å²) in [5, 5.41) is 21.5. The van der Waals surface area contributed by atoms with Crippen LogP contribution >= 0.6 is 22.7 Å². The molecule has 9 nitrogen and oxygen atoms in total. The molecule has 0 bridgehead atoms. The van der Waals surface area contributed by atoms with E-state index in [2.05, 4.69) is 4.99 Å². The van der Waals surface area contributed by atoms with Gasteiger partial charge in [0.2, 0.25) is 0 Å². The predicted molar refractivity (Wildman–Crippen MR) is 93.0 cm³/mol. The molecule has 3 aromatic rings. The van der Waals surface area contributed by atoms with Gasteiger partial charge >= 0.3 is 5.00 Å². The molecule has 2 heterocycles. The number of benzene rings is 1. The van der Waals surface area contributed by atoms with Gasteiger partial charge in [0, 0.05) is 24.7 Å². The van der Waals surface area contributed by atoms with Gasteiger partial charge in [-0.05, 0) is 19.1 Å². The molecule has 0 unspecified atom stereocenters. The lowest BCUT2D eigenvalue weighted by molar-refractivity contribution is -0.384. The van der Waals surface area contributed by atoms with Gasteiger partial charge in [-0.1, -0.05) is 22.7 Å². The van der Waals surface area contributed by atoms with Crippen molar-refractivity contribution < 1.29 is 14.6 Å². The lowest BCUT2D eigenvalue weighted by Crippen LogP contribution is -2.15. The van der Waals surface area contributed by atoms with Gasteiger partial charge in [-0.3, -0.25) is 25.0 Å². The van der Waals surface area contributed by atoms with E-state index in [1.54, 1.807) is 10.6 Å². The molecule has 0 aliphatic heterocycles. The number of aromatic nitrogens is 1. The smallest absolute Gasteiger partial charge is 0.316 e. The van der Waals surface area contributed by atoms with E-state index in [1.807, 2.05) is 6.92 Å². The number of carbonyl (C=O) groups is 1. The van der Waals surface area contributed by atoms with E-state index in [1.165, 1.54) is 35.6 Å². The number of hydrogen-bond acceptors (Lipinski definition) is 7. The molecule has 0 radical (unpaired) electrons. The van der Waals surface area contributed by atoms with Crippen molar-refractivity contribution in [3.05, 3.63) is 60.2 Å². The van der Waals surface area contributed by atoms with Gasteiger partial charge in [-0.25, -0.2) is 0 Å². The van der Waals surface area contributed by atoms with Crippen LogP contribution in [0.15, 0.2) is 35.3 Å². The second-order valence-electron chi connectivity index (χ2n) is 4.85. The molecule has 11 heteroatoms. The van der Waals surface area contributed by atoms with E-state index in [-0.39, 0.29) is 15.6 Å². The minimum atomic E-state index is -0.582. The van der Waals surface area contributed by atoms with Crippen molar-refractivity contribution in [1.82, 2.24) is 4.57 Å². The Balaban J connectivity index is 2.10. The summed E-state index contributed by atoms with van der Waals surface area (Å²) in [6.07, 6.45) is 0. The average molecular weight is 378 g/mol. The highest BCUT2D eigenvalue weighted by Crippen LogP contribution is 2.25. The molecule has 1 aromatic carbocycles. The number of thiazole rings is 1. The normalized spacial score (nSPS) is 11.8. The number of non-ortho nitro benzene ring substituents is 1. The number of rotatable bonds is 4. The zero-order chi connectivity index (χ0) is 18.1. The van der Waals surface area contributed by atoms with Crippen LogP contribution in [0.4, 0.5) is 10.7 Å². The topological polar surface area (TPSA) is 121 Å². The summed E-state index contributed by atoms with van der Waals surface area (Å²) in [5.41, 5.74) is 0.574. The largest absolute Gasteiger partial charge is 0.324 e. The Kier molecular flexibility index (Phi) is 4.42. The Hall–Kier alpha value is -2.92. The predicted octanol–water partition coefficient (Wildman–Crippen LogP) is 3.34. The molecule has 128 valence electrons. The Labute approximate surface area is 147 Å². The minimum Gasteiger partial charge on any atom is -0.316 e. The summed E-state index contributed by atoms with van der Waals surface area (Å²) in [5.74, 6) is -0.582. The van der Waals surface area contributed by atoms with Crippen molar-refractivity contribution in [1.29, 1.82) is 0 Å². The van der Waals surface area contributed by atoms with E-state index < -0.39 is 15.8 Å². The number of nitro groups is 2. The third-order valence-electron chi connectivity index (χ3n) is 3.37. The number of amides is 1. The molecule has 0 aliphatic rings.